The maximum absolute atomic E-state index is 12.9. The van der Waals surface area contributed by atoms with Gasteiger partial charge in [-0.2, -0.15) is 5.10 Å². The molecule has 2 heterocycles. The van der Waals surface area contributed by atoms with Gasteiger partial charge in [0.15, 0.2) is 0 Å². The number of ether oxygens (including phenoxy) is 1. The number of aromatic amines is 1. The van der Waals surface area contributed by atoms with E-state index in [0.717, 1.165) is 47.5 Å². The van der Waals surface area contributed by atoms with Crippen LogP contribution in [0.15, 0.2) is 54.7 Å². The van der Waals surface area contributed by atoms with E-state index in [1.165, 1.54) is 0 Å². The van der Waals surface area contributed by atoms with Gasteiger partial charge >= 0.3 is 0 Å². The van der Waals surface area contributed by atoms with E-state index in [4.69, 9.17) is 16.3 Å². The first-order valence-corrected chi connectivity index (χ1v) is 10.7. The number of aromatic nitrogens is 2. The molecule has 1 aromatic heterocycles. The van der Waals surface area contributed by atoms with E-state index < -0.39 is 0 Å². The number of rotatable bonds is 6. The van der Waals surface area contributed by atoms with Crippen LogP contribution in [0.1, 0.15) is 36.4 Å². The van der Waals surface area contributed by atoms with E-state index in [2.05, 4.69) is 10.2 Å². The van der Waals surface area contributed by atoms with Gasteiger partial charge in [0.2, 0.25) is 5.91 Å². The Bertz CT molecular complexity index is 1020. The zero-order valence-corrected chi connectivity index (χ0v) is 17.9. The molecule has 1 N–H and O–H groups in total. The van der Waals surface area contributed by atoms with Crippen LogP contribution in [0.5, 0.6) is 5.75 Å². The monoisotopic (exact) mass is 423 g/mol. The number of nitrogens with zero attached hydrogens (tertiary/aromatic N) is 2. The number of carbonyl (C=O) groups excluding carboxylic acids is 1. The van der Waals surface area contributed by atoms with Crippen LogP contribution >= 0.6 is 11.6 Å². The summed E-state index contributed by atoms with van der Waals surface area (Å²) >= 11 is 6.18. The summed E-state index contributed by atoms with van der Waals surface area (Å²) in [5.74, 6) is 1.27. The lowest BCUT2D eigenvalue weighted by atomic mass is 9.90. The van der Waals surface area contributed by atoms with Crippen molar-refractivity contribution < 1.29 is 9.53 Å². The maximum atomic E-state index is 12.9. The maximum Gasteiger partial charge on any atom is 0.222 e. The zero-order valence-electron chi connectivity index (χ0n) is 17.1. The molecule has 1 saturated heterocycles. The van der Waals surface area contributed by atoms with E-state index >= 15 is 0 Å². The Kier molecular flexibility index (Phi) is 6.38. The molecule has 30 heavy (non-hydrogen) atoms. The first-order valence-electron chi connectivity index (χ1n) is 10.3. The minimum absolute atomic E-state index is 0.189. The number of hydrogen-bond acceptors (Lipinski definition) is 3. The van der Waals surface area contributed by atoms with Crippen LogP contribution in [0.2, 0.25) is 5.02 Å². The third kappa shape index (κ3) is 4.51. The van der Waals surface area contributed by atoms with Crippen molar-refractivity contribution in [2.45, 2.75) is 31.6 Å². The first kappa shape index (κ1) is 20.5. The van der Waals surface area contributed by atoms with Gasteiger partial charge in [-0.1, -0.05) is 41.9 Å². The molecule has 0 aliphatic carbocycles. The standard InChI is InChI=1S/C24H26ClN3O2/c1-30-22-10-3-2-6-17(22)11-12-23(29)28-13-5-8-19(16-28)24-21(15-26-27-24)18-7-4-9-20(25)14-18/h2-4,6-7,9-10,14-15,19H,5,8,11-13,16H2,1H3,(H,26,27). The summed E-state index contributed by atoms with van der Waals surface area (Å²) in [5.41, 5.74) is 4.26. The molecule has 4 rings (SSSR count). The molecule has 3 aromatic rings. The van der Waals surface area contributed by atoms with Gasteiger partial charge in [0.25, 0.3) is 0 Å². The lowest BCUT2D eigenvalue weighted by Gasteiger charge is -2.33. The van der Waals surface area contributed by atoms with Crippen LogP contribution in [0, 0.1) is 0 Å². The lowest BCUT2D eigenvalue weighted by Crippen LogP contribution is -2.39. The van der Waals surface area contributed by atoms with Gasteiger partial charge < -0.3 is 9.64 Å². The van der Waals surface area contributed by atoms with Crippen LogP contribution in [-0.4, -0.2) is 41.2 Å². The molecule has 2 aromatic carbocycles. The molecule has 0 saturated carbocycles. The Hall–Kier alpha value is -2.79. The molecule has 6 heteroatoms. The smallest absolute Gasteiger partial charge is 0.222 e. The quantitative estimate of drug-likeness (QED) is 0.601. The molecule has 1 amide bonds. The van der Waals surface area contributed by atoms with Crippen molar-refractivity contribution >= 4 is 17.5 Å². The molecule has 5 nitrogen and oxygen atoms in total. The van der Waals surface area contributed by atoms with E-state index in [0.29, 0.717) is 24.4 Å². The van der Waals surface area contributed by atoms with Crippen LogP contribution in [0.3, 0.4) is 0 Å². The number of likely N-dealkylation sites (tertiary alicyclic amines) is 1. The second-order valence-corrected chi connectivity index (χ2v) is 8.13. The molecule has 0 bridgehead atoms. The van der Waals surface area contributed by atoms with Gasteiger partial charge in [0, 0.05) is 41.7 Å². The Morgan fingerprint density at radius 3 is 2.97 bits per heavy atom. The Morgan fingerprint density at radius 2 is 2.13 bits per heavy atom. The fourth-order valence-corrected chi connectivity index (χ4v) is 4.43. The number of nitrogens with one attached hydrogen (secondary N) is 1. The summed E-state index contributed by atoms with van der Waals surface area (Å²) in [4.78, 5) is 14.9. The summed E-state index contributed by atoms with van der Waals surface area (Å²) < 4.78 is 5.41. The minimum Gasteiger partial charge on any atom is -0.496 e. The number of methoxy groups -OCH3 is 1. The molecule has 1 unspecified atom stereocenters. The normalized spacial score (nSPS) is 16.5. The van der Waals surface area contributed by atoms with Crippen LogP contribution in [-0.2, 0) is 11.2 Å². The zero-order chi connectivity index (χ0) is 20.9. The number of para-hydroxylation sites is 1. The average molecular weight is 424 g/mol. The molecule has 1 atom stereocenters. The largest absolute Gasteiger partial charge is 0.496 e. The van der Waals surface area contributed by atoms with Gasteiger partial charge in [0.05, 0.1) is 13.3 Å². The van der Waals surface area contributed by atoms with Gasteiger partial charge in [-0.05, 0) is 48.6 Å². The van der Waals surface area contributed by atoms with E-state index in [-0.39, 0.29) is 11.8 Å². The predicted molar refractivity (Wildman–Crippen MR) is 119 cm³/mol. The second kappa shape index (κ2) is 9.35. The van der Waals surface area contributed by atoms with Crippen molar-refractivity contribution in [1.29, 1.82) is 0 Å². The number of carbonyl (C=O) groups is 1. The average Bonchev–Trinajstić information content (AvgIpc) is 3.28. The van der Waals surface area contributed by atoms with Crippen LogP contribution in [0.4, 0.5) is 0 Å². The summed E-state index contributed by atoms with van der Waals surface area (Å²) in [6.45, 7) is 1.52. The van der Waals surface area contributed by atoms with E-state index in [9.17, 15) is 4.79 Å². The van der Waals surface area contributed by atoms with E-state index in [1.54, 1.807) is 7.11 Å². The fraction of sp³-hybridized carbons (Fsp3) is 0.333. The minimum atomic E-state index is 0.189. The van der Waals surface area contributed by atoms with Gasteiger partial charge in [-0.3, -0.25) is 9.89 Å². The van der Waals surface area contributed by atoms with Crippen molar-refractivity contribution in [3.63, 3.8) is 0 Å². The number of hydrogen-bond donors (Lipinski definition) is 1. The molecule has 1 aliphatic heterocycles. The highest BCUT2D eigenvalue weighted by Gasteiger charge is 2.27. The van der Waals surface area contributed by atoms with Crippen molar-refractivity contribution in [2.24, 2.45) is 0 Å². The molecular formula is C24H26ClN3O2. The number of piperidine rings is 1. The third-order valence-corrected chi connectivity index (χ3v) is 6.02. The number of halogens is 1. The van der Waals surface area contributed by atoms with Crippen LogP contribution < -0.4 is 4.74 Å². The predicted octanol–water partition coefficient (Wildman–Crippen LogP) is 5.08. The molecule has 156 valence electrons. The van der Waals surface area contributed by atoms with Crippen molar-refractivity contribution in [3.8, 4) is 16.9 Å². The number of benzene rings is 2. The Morgan fingerprint density at radius 1 is 1.27 bits per heavy atom. The fourth-order valence-electron chi connectivity index (χ4n) is 4.24. The third-order valence-electron chi connectivity index (χ3n) is 5.79. The first-order chi connectivity index (χ1) is 14.7. The summed E-state index contributed by atoms with van der Waals surface area (Å²) in [6, 6.07) is 15.7. The summed E-state index contributed by atoms with van der Waals surface area (Å²) in [7, 11) is 1.66. The summed E-state index contributed by atoms with van der Waals surface area (Å²) in [6.07, 6.45) is 5.04. The Balaban J connectivity index is 1.44. The Labute approximate surface area is 182 Å². The molecule has 0 spiro atoms. The van der Waals surface area contributed by atoms with Gasteiger partial charge in [-0.15, -0.1) is 0 Å². The molecule has 1 aliphatic rings. The number of H-pyrrole nitrogens is 1. The molecule has 0 radical (unpaired) electrons. The molecule has 1 fully saturated rings. The van der Waals surface area contributed by atoms with Crippen molar-refractivity contribution in [2.75, 3.05) is 20.2 Å². The van der Waals surface area contributed by atoms with Crippen molar-refractivity contribution in [3.05, 3.63) is 71.0 Å². The van der Waals surface area contributed by atoms with Crippen LogP contribution in [0.25, 0.3) is 11.1 Å². The number of amides is 1. The summed E-state index contributed by atoms with van der Waals surface area (Å²) in [5, 5.41) is 8.17. The molecular weight excluding hydrogens is 398 g/mol. The van der Waals surface area contributed by atoms with E-state index in [1.807, 2.05) is 59.6 Å². The van der Waals surface area contributed by atoms with Crippen molar-refractivity contribution in [1.82, 2.24) is 15.1 Å². The SMILES string of the molecule is COc1ccccc1CCC(=O)N1CCCC(c2[nH]ncc2-c2cccc(Cl)c2)C1. The number of aryl methyl sites for hydroxylation is 1. The topological polar surface area (TPSA) is 58.2 Å². The highest BCUT2D eigenvalue weighted by molar-refractivity contribution is 6.30. The van der Waals surface area contributed by atoms with Gasteiger partial charge in [-0.25, -0.2) is 0 Å². The lowest BCUT2D eigenvalue weighted by molar-refractivity contribution is -0.132. The highest BCUT2D eigenvalue weighted by atomic mass is 35.5. The second-order valence-electron chi connectivity index (χ2n) is 7.70. The highest BCUT2D eigenvalue weighted by Crippen LogP contribution is 2.34. The van der Waals surface area contributed by atoms with Gasteiger partial charge in [0.1, 0.15) is 5.75 Å².